The highest BCUT2D eigenvalue weighted by molar-refractivity contribution is 7.18. The minimum atomic E-state index is -0.509. The predicted octanol–water partition coefficient (Wildman–Crippen LogP) is 0.923. The second-order valence-electron chi connectivity index (χ2n) is 3.09. The minimum Gasteiger partial charge on any atom is -0.326 e. The molecule has 2 amide bonds. The summed E-state index contributed by atoms with van der Waals surface area (Å²) >= 11 is 0.912. The number of rotatable bonds is 2. The lowest BCUT2D eigenvalue weighted by Gasteiger charge is -2.11. The summed E-state index contributed by atoms with van der Waals surface area (Å²) in [6, 6.07) is -0.167. The number of hydrogen-bond donors (Lipinski definition) is 0. The van der Waals surface area contributed by atoms with Gasteiger partial charge in [-0.2, -0.15) is 0 Å². The highest BCUT2D eigenvalue weighted by atomic mass is 32.1. The molecule has 0 atom stereocenters. The molecule has 2 rings (SSSR count). The molecule has 0 spiro atoms. The summed E-state index contributed by atoms with van der Waals surface area (Å²) in [6.45, 7) is 1.15. The standard InChI is InChI=1S/C7H8N4O3S/c1-9-2-3-10(7(9)12)6-8-4-5(15-6)11(13)14/h4H,2-3H2,1H3. The number of nitro groups is 1. The van der Waals surface area contributed by atoms with E-state index in [4.69, 9.17) is 0 Å². The van der Waals surface area contributed by atoms with Gasteiger partial charge < -0.3 is 4.90 Å². The first-order chi connectivity index (χ1) is 7.09. The Morgan fingerprint density at radius 1 is 1.60 bits per heavy atom. The molecule has 0 unspecified atom stereocenters. The van der Waals surface area contributed by atoms with Crippen LogP contribution < -0.4 is 4.90 Å². The van der Waals surface area contributed by atoms with E-state index in [1.807, 2.05) is 0 Å². The van der Waals surface area contributed by atoms with Crippen LogP contribution in [0.5, 0.6) is 0 Å². The molecular weight excluding hydrogens is 220 g/mol. The molecule has 0 aliphatic carbocycles. The lowest BCUT2D eigenvalue weighted by atomic mass is 10.6. The van der Waals surface area contributed by atoms with Crippen LogP contribution >= 0.6 is 11.3 Å². The number of aromatic nitrogens is 1. The van der Waals surface area contributed by atoms with Crippen LogP contribution in [0.3, 0.4) is 0 Å². The van der Waals surface area contributed by atoms with Crippen LogP contribution in [0.1, 0.15) is 0 Å². The van der Waals surface area contributed by atoms with Crippen LogP contribution in [0.4, 0.5) is 14.9 Å². The Morgan fingerprint density at radius 2 is 2.33 bits per heavy atom. The Bertz CT molecular complexity index is 418. The zero-order chi connectivity index (χ0) is 11.0. The maximum Gasteiger partial charge on any atom is 0.345 e. The van der Waals surface area contributed by atoms with Crippen molar-refractivity contribution < 1.29 is 9.72 Å². The molecule has 8 heteroatoms. The van der Waals surface area contributed by atoms with Crippen molar-refractivity contribution in [3.63, 3.8) is 0 Å². The molecule has 0 radical (unpaired) electrons. The number of nitrogens with zero attached hydrogens (tertiary/aromatic N) is 4. The largest absolute Gasteiger partial charge is 0.345 e. The average Bonchev–Trinajstić information content (AvgIpc) is 2.76. The predicted molar refractivity (Wildman–Crippen MR) is 54.1 cm³/mol. The molecule has 0 saturated carbocycles. The van der Waals surface area contributed by atoms with Crippen LogP contribution in [0.2, 0.25) is 0 Å². The normalized spacial score (nSPS) is 16.2. The third-order valence-electron chi connectivity index (χ3n) is 2.11. The zero-order valence-electron chi connectivity index (χ0n) is 7.91. The number of hydrogen-bond acceptors (Lipinski definition) is 5. The van der Waals surface area contributed by atoms with Gasteiger partial charge in [0.25, 0.3) is 0 Å². The molecular formula is C7H8N4O3S. The molecule has 0 N–H and O–H groups in total. The van der Waals surface area contributed by atoms with Crippen LogP contribution in [-0.4, -0.2) is 41.0 Å². The van der Waals surface area contributed by atoms with Crippen molar-refractivity contribution in [3.05, 3.63) is 16.3 Å². The Hall–Kier alpha value is -1.70. The fourth-order valence-corrected chi connectivity index (χ4v) is 2.04. The summed E-state index contributed by atoms with van der Waals surface area (Å²) in [5.74, 6) is 0. The quantitative estimate of drug-likeness (QED) is 0.557. The van der Waals surface area contributed by atoms with Crippen LogP contribution in [0, 0.1) is 10.1 Å². The second kappa shape index (κ2) is 3.46. The average molecular weight is 228 g/mol. The molecule has 1 aliphatic heterocycles. The van der Waals surface area contributed by atoms with Crippen LogP contribution in [0.25, 0.3) is 0 Å². The van der Waals surface area contributed by atoms with E-state index >= 15 is 0 Å². The summed E-state index contributed by atoms with van der Waals surface area (Å²) in [7, 11) is 1.68. The maximum atomic E-state index is 11.5. The number of carbonyl (C=O) groups is 1. The van der Waals surface area contributed by atoms with Gasteiger partial charge in [-0.15, -0.1) is 0 Å². The fraction of sp³-hybridized carbons (Fsp3) is 0.429. The first kappa shape index (κ1) is 9.84. The van der Waals surface area contributed by atoms with Gasteiger partial charge in [0.1, 0.15) is 6.20 Å². The van der Waals surface area contributed by atoms with Crippen molar-refractivity contribution in [2.75, 3.05) is 25.0 Å². The number of carbonyl (C=O) groups excluding carboxylic acids is 1. The Labute approximate surface area is 89.1 Å². The summed E-state index contributed by atoms with van der Waals surface area (Å²) in [6.07, 6.45) is 1.17. The van der Waals surface area contributed by atoms with Crippen molar-refractivity contribution in [2.45, 2.75) is 0 Å². The van der Waals surface area contributed by atoms with E-state index in [1.165, 1.54) is 11.1 Å². The smallest absolute Gasteiger partial charge is 0.326 e. The minimum absolute atomic E-state index is 0.0487. The first-order valence-electron chi connectivity index (χ1n) is 4.22. The highest BCUT2D eigenvalue weighted by Gasteiger charge is 2.29. The molecule has 1 saturated heterocycles. The van der Waals surface area contributed by atoms with E-state index in [0.717, 1.165) is 11.3 Å². The van der Waals surface area contributed by atoms with Gasteiger partial charge in [0.2, 0.25) is 0 Å². The van der Waals surface area contributed by atoms with Crippen molar-refractivity contribution >= 4 is 27.5 Å². The van der Waals surface area contributed by atoms with Crippen LogP contribution in [-0.2, 0) is 0 Å². The van der Waals surface area contributed by atoms with E-state index in [0.29, 0.717) is 18.2 Å². The number of likely N-dealkylation sites (N-methyl/N-ethyl adjacent to an activating group) is 1. The van der Waals surface area contributed by atoms with Crippen LogP contribution in [0.15, 0.2) is 6.20 Å². The van der Waals surface area contributed by atoms with E-state index < -0.39 is 4.92 Å². The van der Waals surface area contributed by atoms with Crippen molar-refractivity contribution in [1.29, 1.82) is 0 Å². The lowest BCUT2D eigenvalue weighted by Crippen LogP contribution is -2.28. The number of urea groups is 1. The topological polar surface area (TPSA) is 79.6 Å². The summed E-state index contributed by atoms with van der Waals surface area (Å²) < 4.78 is 0. The summed E-state index contributed by atoms with van der Waals surface area (Å²) in [4.78, 5) is 28.3. The number of anilines is 1. The summed E-state index contributed by atoms with van der Waals surface area (Å²) in [5, 5.41) is 10.8. The Kier molecular flexibility index (Phi) is 2.27. The van der Waals surface area contributed by atoms with E-state index in [2.05, 4.69) is 4.98 Å². The number of thiazole rings is 1. The van der Waals surface area contributed by atoms with Crippen molar-refractivity contribution in [1.82, 2.24) is 9.88 Å². The van der Waals surface area contributed by atoms with Gasteiger partial charge in [-0.05, 0) is 11.3 Å². The molecule has 80 valence electrons. The van der Waals surface area contributed by atoms with Gasteiger partial charge in [0.15, 0.2) is 5.13 Å². The molecule has 1 aromatic heterocycles. The van der Waals surface area contributed by atoms with E-state index in [1.54, 1.807) is 11.9 Å². The fourth-order valence-electron chi connectivity index (χ4n) is 1.29. The third kappa shape index (κ3) is 1.63. The third-order valence-corrected chi connectivity index (χ3v) is 3.08. The highest BCUT2D eigenvalue weighted by Crippen LogP contribution is 2.29. The molecule has 0 aromatic carbocycles. The molecule has 0 bridgehead atoms. The first-order valence-corrected chi connectivity index (χ1v) is 5.04. The maximum absolute atomic E-state index is 11.5. The van der Waals surface area contributed by atoms with Gasteiger partial charge in [0, 0.05) is 20.1 Å². The summed E-state index contributed by atoms with van der Waals surface area (Å²) in [5.41, 5.74) is 0. The molecule has 2 heterocycles. The number of amides is 2. The van der Waals surface area contributed by atoms with Gasteiger partial charge in [-0.25, -0.2) is 9.78 Å². The lowest BCUT2D eigenvalue weighted by molar-refractivity contribution is -0.380. The van der Waals surface area contributed by atoms with Crippen molar-refractivity contribution in [2.24, 2.45) is 0 Å². The van der Waals surface area contributed by atoms with Gasteiger partial charge in [-0.1, -0.05) is 0 Å². The van der Waals surface area contributed by atoms with Gasteiger partial charge in [-0.3, -0.25) is 15.0 Å². The van der Waals surface area contributed by atoms with Gasteiger partial charge in [0.05, 0.1) is 4.92 Å². The van der Waals surface area contributed by atoms with E-state index in [9.17, 15) is 14.9 Å². The zero-order valence-corrected chi connectivity index (χ0v) is 8.73. The molecule has 7 nitrogen and oxygen atoms in total. The molecule has 1 aromatic rings. The molecule has 15 heavy (non-hydrogen) atoms. The second-order valence-corrected chi connectivity index (χ2v) is 4.08. The monoisotopic (exact) mass is 228 g/mol. The SMILES string of the molecule is CN1CCN(c2ncc([N+](=O)[O-])s2)C1=O. The van der Waals surface area contributed by atoms with Gasteiger partial charge >= 0.3 is 11.0 Å². The Balaban J connectivity index is 2.23. The van der Waals surface area contributed by atoms with Crippen molar-refractivity contribution in [3.8, 4) is 0 Å². The molecule has 1 fully saturated rings. The molecule has 1 aliphatic rings. The Morgan fingerprint density at radius 3 is 2.80 bits per heavy atom. The van der Waals surface area contributed by atoms with E-state index in [-0.39, 0.29) is 11.0 Å².